The van der Waals surface area contributed by atoms with Gasteiger partial charge in [-0.25, -0.2) is 0 Å². The molecular formula is C13H25N2O+. The fraction of sp³-hybridized carbons (Fsp3) is 0.769. The summed E-state index contributed by atoms with van der Waals surface area (Å²) in [6, 6.07) is 0.246. The number of nitrogens with zero attached hydrogens (tertiary/aromatic N) is 2. The molecule has 0 radical (unpaired) electrons. The zero-order valence-corrected chi connectivity index (χ0v) is 11.3. The molecule has 1 amide bonds. The highest BCUT2D eigenvalue weighted by Gasteiger charge is 2.22. The molecule has 3 nitrogen and oxygen atoms in total. The van der Waals surface area contributed by atoms with E-state index in [0.717, 1.165) is 17.6 Å². The van der Waals surface area contributed by atoms with Crippen molar-refractivity contribution in [2.45, 2.75) is 39.2 Å². The lowest BCUT2D eigenvalue weighted by molar-refractivity contribution is -0.879. The van der Waals surface area contributed by atoms with Crippen molar-refractivity contribution in [2.75, 3.05) is 27.8 Å². The van der Waals surface area contributed by atoms with E-state index in [2.05, 4.69) is 40.9 Å². The summed E-state index contributed by atoms with van der Waals surface area (Å²) in [6.45, 7) is 4.84. The van der Waals surface area contributed by atoms with Crippen molar-refractivity contribution >= 4 is 5.91 Å². The van der Waals surface area contributed by atoms with E-state index in [9.17, 15) is 4.79 Å². The van der Waals surface area contributed by atoms with Crippen molar-refractivity contribution in [3.05, 3.63) is 0 Å². The van der Waals surface area contributed by atoms with Crippen LogP contribution in [-0.2, 0) is 4.79 Å². The summed E-state index contributed by atoms with van der Waals surface area (Å²) in [7, 11) is 6.26. The summed E-state index contributed by atoms with van der Waals surface area (Å²) in [6.07, 6.45) is 7.20. The third kappa shape index (κ3) is 6.47. The lowest BCUT2D eigenvalue weighted by atomic mass is 10.2. The van der Waals surface area contributed by atoms with Crippen LogP contribution in [-0.4, -0.2) is 49.1 Å². The molecular weight excluding hydrogens is 200 g/mol. The zero-order chi connectivity index (χ0) is 12.8. The Morgan fingerprint density at radius 3 is 2.31 bits per heavy atom. The molecule has 3 heteroatoms. The molecule has 0 saturated heterocycles. The summed E-state index contributed by atoms with van der Waals surface area (Å²) in [5.74, 6) is 2.77. The first-order valence-corrected chi connectivity index (χ1v) is 5.81. The fourth-order valence-electron chi connectivity index (χ4n) is 1.47. The largest absolute Gasteiger partial charge is 0.314 e. The van der Waals surface area contributed by atoms with Crippen LogP contribution in [0.3, 0.4) is 0 Å². The fourth-order valence-corrected chi connectivity index (χ4v) is 1.47. The first kappa shape index (κ1) is 15.0. The predicted molar refractivity (Wildman–Crippen MR) is 67.6 cm³/mol. The Balaban J connectivity index is 4.32. The Morgan fingerprint density at radius 1 is 1.38 bits per heavy atom. The van der Waals surface area contributed by atoms with E-state index in [4.69, 9.17) is 6.42 Å². The Labute approximate surface area is 100 Å². The normalized spacial score (nSPS) is 11.3. The molecule has 0 aliphatic carbocycles. The lowest BCUT2D eigenvalue weighted by Gasteiger charge is -2.34. The molecule has 0 atom stereocenters. The minimum Gasteiger partial charge on any atom is -0.314 e. The molecule has 0 spiro atoms. The average molecular weight is 225 g/mol. The number of unbranched alkanes of at least 4 members (excludes halogenated alkanes) is 1. The SMILES string of the molecule is C#CCCCC(=O)N(C[N+](C)(C)C)C(C)C. The van der Waals surface area contributed by atoms with Gasteiger partial charge in [0.05, 0.1) is 21.1 Å². The summed E-state index contributed by atoms with van der Waals surface area (Å²) in [5, 5.41) is 0. The molecule has 0 bridgehead atoms. The van der Waals surface area contributed by atoms with Crippen molar-refractivity contribution in [3.63, 3.8) is 0 Å². The van der Waals surface area contributed by atoms with Crippen molar-refractivity contribution in [2.24, 2.45) is 0 Å². The van der Waals surface area contributed by atoms with Gasteiger partial charge in [0.15, 0.2) is 6.67 Å². The van der Waals surface area contributed by atoms with Crippen LogP contribution in [0.25, 0.3) is 0 Å². The number of carbonyl (C=O) groups is 1. The van der Waals surface area contributed by atoms with E-state index in [1.807, 2.05) is 4.90 Å². The minimum atomic E-state index is 0.207. The Kier molecular flexibility index (Phi) is 6.13. The number of terminal acetylenes is 1. The van der Waals surface area contributed by atoms with E-state index in [1.54, 1.807) is 0 Å². The molecule has 16 heavy (non-hydrogen) atoms. The van der Waals surface area contributed by atoms with Crippen molar-refractivity contribution in [3.8, 4) is 12.3 Å². The molecule has 0 aromatic carbocycles. The number of rotatable bonds is 6. The number of hydrogen-bond acceptors (Lipinski definition) is 1. The standard InChI is InChI=1S/C13H25N2O/c1-7-8-9-10-13(16)14(12(2)3)11-15(4,5)6/h1,12H,8-11H2,2-6H3/q+1. The monoisotopic (exact) mass is 225 g/mol. The van der Waals surface area contributed by atoms with E-state index in [-0.39, 0.29) is 11.9 Å². The molecule has 0 aromatic rings. The van der Waals surface area contributed by atoms with Gasteiger partial charge < -0.3 is 4.48 Å². The average Bonchev–Trinajstić information content (AvgIpc) is 2.12. The topological polar surface area (TPSA) is 20.3 Å². The molecule has 0 aromatic heterocycles. The maximum absolute atomic E-state index is 12.0. The van der Waals surface area contributed by atoms with E-state index in [0.29, 0.717) is 12.8 Å². The van der Waals surface area contributed by atoms with E-state index >= 15 is 0 Å². The second-order valence-electron chi connectivity index (χ2n) is 5.45. The van der Waals surface area contributed by atoms with Gasteiger partial charge in [0.1, 0.15) is 0 Å². The number of amides is 1. The Morgan fingerprint density at radius 2 is 1.94 bits per heavy atom. The van der Waals surface area contributed by atoms with Crippen LogP contribution >= 0.6 is 0 Å². The second-order valence-corrected chi connectivity index (χ2v) is 5.45. The highest BCUT2D eigenvalue weighted by molar-refractivity contribution is 5.76. The predicted octanol–water partition coefficient (Wildman–Crippen LogP) is 1.69. The smallest absolute Gasteiger partial charge is 0.227 e. The van der Waals surface area contributed by atoms with Gasteiger partial charge in [0.25, 0.3) is 0 Å². The van der Waals surface area contributed by atoms with Crippen molar-refractivity contribution in [1.82, 2.24) is 4.90 Å². The van der Waals surface area contributed by atoms with Gasteiger partial charge in [-0.2, -0.15) is 0 Å². The zero-order valence-electron chi connectivity index (χ0n) is 11.3. The third-order valence-corrected chi connectivity index (χ3v) is 2.23. The first-order chi connectivity index (χ1) is 7.28. The van der Waals surface area contributed by atoms with Crippen LogP contribution in [0.1, 0.15) is 33.1 Å². The minimum absolute atomic E-state index is 0.207. The second kappa shape index (κ2) is 6.55. The third-order valence-electron chi connectivity index (χ3n) is 2.23. The quantitative estimate of drug-likeness (QED) is 0.291. The van der Waals surface area contributed by atoms with Crippen LogP contribution < -0.4 is 0 Å². The van der Waals surface area contributed by atoms with Crippen molar-refractivity contribution in [1.29, 1.82) is 0 Å². The molecule has 0 fully saturated rings. The van der Waals surface area contributed by atoms with Crippen LogP contribution in [0.15, 0.2) is 0 Å². The van der Waals surface area contributed by atoms with Crippen LogP contribution in [0.2, 0.25) is 0 Å². The molecule has 0 saturated carbocycles. The maximum atomic E-state index is 12.0. The van der Waals surface area contributed by atoms with E-state index < -0.39 is 0 Å². The molecule has 0 unspecified atom stereocenters. The Hall–Kier alpha value is -1.01. The molecule has 0 aliphatic rings. The first-order valence-electron chi connectivity index (χ1n) is 5.81. The molecule has 0 rings (SSSR count). The van der Waals surface area contributed by atoms with Crippen LogP contribution in [0, 0.1) is 12.3 Å². The Bertz CT molecular complexity index is 258. The lowest BCUT2D eigenvalue weighted by Crippen LogP contribution is -2.50. The molecule has 0 aliphatic heterocycles. The molecule has 92 valence electrons. The van der Waals surface area contributed by atoms with Crippen LogP contribution in [0.4, 0.5) is 0 Å². The van der Waals surface area contributed by atoms with Crippen LogP contribution in [0.5, 0.6) is 0 Å². The highest BCUT2D eigenvalue weighted by atomic mass is 16.2. The highest BCUT2D eigenvalue weighted by Crippen LogP contribution is 2.08. The van der Waals surface area contributed by atoms with Gasteiger partial charge in [0, 0.05) is 18.9 Å². The number of quaternary nitrogens is 1. The summed E-state index contributed by atoms with van der Waals surface area (Å²) >= 11 is 0. The van der Waals surface area contributed by atoms with Gasteiger partial charge >= 0.3 is 0 Å². The van der Waals surface area contributed by atoms with Gasteiger partial charge in [0.2, 0.25) is 5.91 Å². The van der Waals surface area contributed by atoms with E-state index in [1.165, 1.54) is 0 Å². The number of carbonyl (C=O) groups excluding carboxylic acids is 1. The van der Waals surface area contributed by atoms with Crippen molar-refractivity contribution < 1.29 is 9.28 Å². The number of hydrogen-bond donors (Lipinski definition) is 0. The van der Waals surface area contributed by atoms with Gasteiger partial charge in [-0.05, 0) is 20.3 Å². The van der Waals surface area contributed by atoms with Gasteiger partial charge in [-0.1, -0.05) is 0 Å². The molecule has 0 heterocycles. The molecule has 0 N–H and O–H groups in total. The summed E-state index contributed by atoms with van der Waals surface area (Å²) in [4.78, 5) is 13.9. The van der Waals surface area contributed by atoms with Gasteiger partial charge in [-0.15, -0.1) is 12.3 Å². The van der Waals surface area contributed by atoms with Gasteiger partial charge in [-0.3, -0.25) is 9.69 Å². The maximum Gasteiger partial charge on any atom is 0.227 e. The summed E-state index contributed by atoms with van der Waals surface area (Å²) < 4.78 is 0.763. The summed E-state index contributed by atoms with van der Waals surface area (Å²) in [5.41, 5.74) is 0.